The van der Waals surface area contributed by atoms with Gasteiger partial charge in [0.15, 0.2) is 0 Å². The Labute approximate surface area is 95.1 Å². The molecule has 0 fully saturated rings. The smallest absolute Gasteiger partial charge is 0.146 e. The number of aromatic nitrogens is 1. The predicted molar refractivity (Wildman–Crippen MR) is 63.0 cm³/mol. The maximum atomic E-state index is 8.99. The summed E-state index contributed by atoms with van der Waals surface area (Å²) >= 11 is 0. The van der Waals surface area contributed by atoms with Gasteiger partial charge in [-0.2, -0.15) is 5.26 Å². The second-order valence-corrected chi connectivity index (χ2v) is 3.46. The van der Waals surface area contributed by atoms with Gasteiger partial charge in [-0.25, -0.2) is 4.98 Å². The van der Waals surface area contributed by atoms with Crippen LogP contribution in [0.15, 0.2) is 12.3 Å². The number of anilines is 2. The lowest BCUT2D eigenvalue weighted by atomic mass is 10.2. The summed E-state index contributed by atoms with van der Waals surface area (Å²) in [6, 6.07) is 3.67. The van der Waals surface area contributed by atoms with Gasteiger partial charge in [-0.15, -0.1) is 0 Å². The van der Waals surface area contributed by atoms with Crippen LogP contribution in [0.5, 0.6) is 0 Å². The molecule has 1 aromatic heterocycles. The number of pyridine rings is 1. The summed E-state index contributed by atoms with van der Waals surface area (Å²) in [6.07, 6.45) is 2.45. The summed E-state index contributed by atoms with van der Waals surface area (Å²) in [5, 5.41) is 18.0. The first-order chi connectivity index (χ1) is 7.72. The van der Waals surface area contributed by atoms with Gasteiger partial charge in [-0.3, -0.25) is 0 Å². The highest BCUT2D eigenvalue weighted by Gasteiger charge is 2.11. The minimum absolute atomic E-state index is 0.0386. The van der Waals surface area contributed by atoms with Crippen LogP contribution < -0.4 is 10.6 Å². The van der Waals surface area contributed by atoms with Crippen LogP contribution in [0.3, 0.4) is 0 Å². The third-order valence-corrected chi connectivity index (χ3v) is 2.17. The van der Waals surface area contributed by atoms with E-state index in [1.54, 1.807) is 6.07 Å². The summed E-state index contributed by atoms with van der Waals surface area (Å²) in [5.74, 6) is 0.590. The lowest BCUT2D eigenvalue weighted by molar-refractivity contribution is 0.301. The lowest BCUT2D eigenvalue weighted by Crippen LogP contribution is -2.29. The first-order valence-electron chi connectivity index (χ1n) is 5.24. The third-order valence-electron chi connectivity index (χ3n) is 2.17. The van der Waals surface area contributed by atoms with Gasteiger partial charge in [-0.1, -0.05) is 6.92 Å². The number of nitrogen functional groups attached to an aromatic ring is 1. The van der Waals surface area contributed by atoms with Gasteiger partial charge in [0.2, 0.25) is 0 Å². The highest BCUT2D eigenvalue weighted by atomic mass is 16.3. The molecule has 0 bridgehead atoms. The highest BCUT2D eigenvalue weighted by molar-refractivity contribution is 5.58. The van der Waals surface area contributed by atoms with Crippen molar-refractivity contribution in [1.29, 1.82) is 5.26 Å². The zero-order valence-corrected chi connectivity index (χ0v) is 9.35. The number of hydrogen-bond acceptors (Lipinski definition) is 5. The monoisotopic (exact) mass is 220 g/mol. The molecule has 0 aliphatic rings. The van der Waals surface area contributed by atoms with Crippen molar-refractivity contribution in [1.82, 2.24) is 4.98 Å². The van der Waals surface area contributed by atoms with Crippen molar-refractivity contribution in [3.8, 4) is 6.07 Å². The van der Waals surface area contributed by atoms with Crippen molar-refractivity contribution in [2.75, 3.05) is 30.3 Å². The molecule has 0 atom stereocenters. The van der Waals surface area contributed by atoms with Crippen molar-refractivity contribution in [2.45, 2.75) is 13.3 Å². The summed E-state index contributed by atoms with van der Waals surface area (Å²) < 4.78 is 0. The number of aliphatic hydroxyl groups excluding tert-OH is 1. The van der Waals surface area contributed by atoms with Gasteiger partial charge in [0.25, 0.3) is 0 Å². The fourth-order valence-electron chi connectivity index (χ4n) is 1.52. The standard InChI is InChI=1S/C11H16N4O/c1-2-3-15(4-5-16)11-9(7-12)6-10(13)8-14-11/h6,8,16H,2-5,13H2,1H3. The lowest BCUT2D eigenvalue weighted by Gasteiger charge is -2.22. The van der Waals surface area contributed by atoms with E-state index in [-0.39, 0.29) is 6.61 Å². The zero-order chi connectivity index (χ0) is 12.0. The molecule has 1 aromatic rings. The molecule has 0 unspecified atom stereocenters. The van der Waals surface area contributed by atoms with Crippen molar-refractivity contribution < 1.29 is 5.11 Å². The van der Waals surface area contributed by atoms with Gasteiger partial charge in [0, 0.05) is 13.1 Å². The molecule has 5 heteroatoms. The van der Waals surface area contributed by atoms with Crippen LogP contribution >= 0.6 is 0 Å². The zero-order valence-electron chi connectivity index (χ0n) is 9.35. The van der Waals surface area contributed by atoms with E-state index in [1.807, 2.05) is 11.8 Å². The number of rotatable bonds is 5. The topological polar surface area (TPSA) is 86.2 Å². The summed E-state index contributed by atoms with van der Waals surface area (Å²) in [6.45, 7) is 3.30. The second kappa shape index (κ2) is 5.93. The van der Waals surface area contributed by atoms with Crippen molar-refractivity contribution in [2.24, 2.45) is 0 Å². The Morgan fingerprint density at radius 2 is 2.31 bits per heavy atom. The molecule has 16 heavy (non-hydrogen) atoms. The predicted octanol–water partition coefficient (Wildman–Crippen LogP) is 0.744. The molecule has 0 amide bonds. The Balaban J connectivity index is 3.03. The molecule has 0 aliphatic heterocycles. The van der Waals surface area contributed by atoms with Crippen LogP contribution in [0, 0.1) is 11.3 Å². The van der Waals surface area contributed by atoms with Gasteiger partial charge >= 0.3 is 0 Å². The van der Waals surface area contributed by atoms with Crippen LogP contribution in [0.1, 0.15) is 18.9 Å². The molecule has 5 nitrogen and oxygen atoms in total. The van der Waals surface area contributed by atoms with E-state index in [0.717, 1.165) is 13.0 Å². The first kappa shape index (κ1) is 12.3. The van der Waals surface area contributed by atoms with Crippen molar-refractivity contribution >= 4 is 11.5 Å². The minimum Gasteiger partial charge on any atom is -0.397 e. The second-order valence-electron chi connectivity index (χ2n) is 3.46. The van der Waals surface area contributed by atoms with Crippen LogP contribution in [-0.4, -0.2) is 29.8 Å². The maximum absolute atomic E-state index is 8.99. The molecule has 0 spiro atoms. The quantitative estimate of drug-likeness (QED) is 0.764. The molecule has 0 aliphatic carbocycles. The van der Waals surface area contributed by atoms with Gasteiger partial charge < -0.3 is 15.7 Å². The molecular formula is C11H16N4O. The van der Waals surface area contributed by atoms with Gasteiger partial charge in [0.1, 0.15) is 11.9 Å². The fourth-order valence-corrected chi connectivity index (χ4v) is 1.52. The summed E-state index contributed by atoms with van der Waals surface area (Å²) in [4.78, 5) is 6.04. The SMILES string of the molecule is CCCN(CCO)c1ncc(N)cc1C#N. The summed E-state index contributed by atoms with van der Waals surface area (Å²) in [5.41, 5.74) is 6.49. The Morgan fingerprint density at radius 3 is 2.88 bits per heavy atom. The number of nitrogens with two attached hydrogens (primary N) is 1. The Morgan fingerprint density at radius 1 is 1.56 bits per heavy atom. The number of nitriles is 1. The largest absolute Gasteiger partial charge is 0.397 e. The maximum Gasteiger partial charge on any atom is 0.146 e. The fraction of sp³-hybridized carbons (Fsp3) is 0.455. The molecule has 0 aromatic carbocycles. The molecular weight excluding hydrogens is 204 g/mol. The van der Waals surface area contributed by atoms with Gasteiger partial charge in [0.05, 0.1) is 24.1 Å². The first-order valence-corrected chi connectivity index (χ1v) is 5.24. The highest BCUT2D eigenvalue weighted by Crippen LogP contribution is 2.19. The number of aliphatic hydroxyl groups is 1. The molecule has 1 heterocycles. The molecule has 1 rings (SSSR count). The van der Waals surface area contributed by atoms with Crippen molar-refractivity contribution in [3.63, 3.8) is 0 Å². The minimum atomic E-state index is 0.0386. The van der Waals surface area contributed by atoms with Crippen molar-refractivity contribution in [3.05, 3.63) is 17.8 Å². The van der Waals surface area contributed by atoms with Crippen LogP contribution in [0.25, 0.3) is 0 Å². The Hall–Kier alpha value is -1.80. The van der Waals surface area contributed by atoms with Crippen LogP contribution in [0.2, 0.25) is 0 Å². The number of nitrogens with zero attached hydrogens (tertiary/aromatic N) is 3. The van der Waals surface area contributed by atoms with E-state index in [9.17, 15) is 0 Å². The Bertz CT molecular complexity index is 380. The number of hydrogen-bond donors (Lipinski definition) is 2. The normalized spacial score (nSPS) is 9.81. The van der Waals surface area contributed by atoms with Gasteiger partial charge in [-0.05, 0) is 12.5 Å². The van der Waals surface area contributed by atoms with Crippen LogP contribution in [-0.2, 0) is 0 Å². The third kappa shape index (κ3) is 2.84. The Kier molecular flexibility index (Phi) is 4.55. The van der Waals surface area contributed by atoms with E-state index in [4.69, 9.17) is 16.1 Å². The van der Waals surface area contributed by atoms with E-state index in [1.165, 1.54) is 6.20 Å². The molecule has 3 N–H and O–H groups in total. The van der Waals surface area contributed by atoms with E-state index in [2.05, 4.69) is 11.1 Å². The molecule has 0 saturated carbocycles. The van der Waals surface area contributed by atoms with E-state index < -0.39 is 0 Å². The van der Waals surface area contributed by atoms with E-state index >= 15 is 0 Å². The summed E-state index contributed by atoms with van der Waals surface area (Å²) in [7, 11) is 0. The molecule has 0 saturated heterocycles. The van der Waals surface area contributed by atoms with Crippen LogP contribution in [0.4, 0.5) is 11.5 Å². The molecule has 86 valence electrons. The van der Waals surface area contributed by atoms with E-state index in [0.29, 0.717) is 23.6 Å². The molecule has 0 radical (unpaired) electrons. The average molecular weight is 220 g/mol. The average Bonchev–Trinajstić information content (AvgIpc) is 2.28.